The van der Waals surface area contributed by atoms with E-state index in [9.17, 15) is 15.3 Å². The first-order valence-electron chi connectivity index (χ1n) is 6.88. The van der Waals surface area contributed by atoms with Crippen molar-refractivity contribution >= 4 is 5.96 Å². The van der Waals surface area contributed by atoms with Crippen LogP contribution >= 0.6 is 0 Å². The highest BCUT2D eigenvalue weighted by Crippen LogP contribution is 2.32. The third-order valence-corrected chi connectivity index (χ3v) is 3.20. The largest absolute Gasteiger partial charge is 0.507 e. The fourth-order valence-corrected chi connectivity index (χ4v) is 2.19. The van der Waals surface area contributed by atoms with Crippen molar-refractivity contribution in [3.05, 3.63) is 23.8 Å². The van der Waals surface area contributed by atoms with E-state index < -0.39 is 0 Å². The molecule has 8 N–H and O–H groups in total. The van der Waals surface area contributed by atoms with Crippen molar-refractivity contribution in [3.8, 4) is 11.5 Å². The van der Waals surface area contributed by atoms with Crippen molar-refractivity contribution in [2.24, 2.45) is 16.5 Å². The van der Waals surface area contributed by atoms with Crippen LogP contribution in [0.5, 0.6) is 11.5 Å². The van der Waals surface area contributed by atoms with Gasteiger partial charge in [-0.1, -0.05) is 6.07 Å². The number of nitrogens with one attached hydrogen (secondary N) is 1. The first-order valence-corrected chi connectivity index (χ1v) is 6.88. The minimum atomic E-state index is -0.300. The molecule has 0 bridgehead atoms. The van der Waals surface area contributed by atoms with E-state index in [-0.39, 0.29) is 36.1 Å². The minimum Gasteiger partial charge on any atom is -0.507 e. The Hall–Kier alpha value is -1.99. The Morgan fingerprint density at radius 3 is 2.43 bits per heavy atom. The molecule has 7 heteroatoms. The topological polar surface area (TPSA) is 137 Å². The van der Waals surface area contributed by atoms with Crippen molar-refractivity contribution in [2.75, 3.05) is 13.2 Å². The van der Waals surface area contributed by atoms with Gasteiger partial charge in [0.2, 0.25) is 0 Å². The number of aliphatic hydroxyl groups is 1. The van der Waals surface area contributed by atoms with Gasteiger partial charge in [-0.15, -0.1) is 0 Å². The molecule has 0 amide bonds. The lowest BCUT2D eigenvalue weighted by Gasteiger charge is -2.23. The van der Waals surface area contributed by atoms with Crippen molar-refractivity contribution in [3.63, 3.8) is 0 Å². The number of phenols is 2. The number of aromatic hydroxyl groups is 2. The summed E-state index contributed by atoms with van der Waals surface area (Å²) in [5.74, 6) is 0.0930. The van der Waals surface area contributed by atoms with Gasteiger partial charge in [-0.05, 0) is 31.9 Å². The molecular weight excluding hydrogens is 272 g/mol. The summed E-state index contributed by atoms with van der Waals surface area (Å²) >= 11 is 0. The number of nitrogens with two attached hydrogens (primary N) is 2. The Kier molecular flexibility index (Phi) is 6.77. The molecule has 0 aliphatic heterocycles. The van der Waals surface area contributed by atoms with Crippen molar-refractivity contribution < 1.29 is 15.3 Å². The molecule has 0 saturated heterocycles. The summed E-state index contributed by atoms with van der Waals surface area (Å²) in [7, 11) is 0. The second-order valence-electron chi connectivity index (χ2n) is 4.93. The third-order valence-electron chi connectivity index (χ3n) is 3.20. The number of rotatable bonds is 8. The molecule has 1 aromatic carbocycles. The van der Waals surface area contributed by atoms with Crippen LogP contribution in [0.15, 0.2) is 23.2 Å². The summed E-state index contributed by atoms with van der Waals surface area (Å²) in [5.41, 5.74) is 10.9. The maximum Gasteiger partial charge on any atom is 0.185 e. The van der Waals surface area contributed by atoms with Gasteiger partial charge in [0, 0.05) is 18.6 Å². The zero-order chi connectivity index (χ0) is 15.8. The molecular formula is C14H24N4O3. The fourth-order valence-electron chi connectivity index (χ4n) is 2.19. The summed E-state index contributed by atoms with van der Waals surface area (Å²) in [4.78, 5) is 3.88. The molecule has 0 aromatic heterocycles. The van der Waals surface area contributed by atoms with E-state index in [2.05, 4.69) is 10.3 Å². The predicted molar refractivity (Wildman–Crippen MR) is 82.1 cm³/mol. The van der Waals surface area contributed by atoms with Crippen LogP contribution in [0.4, 0.5) is 0 Å². The zero-order valence-corrected chi connectivity index (χ0v) is 12.2. The van der Waals surface area contributed by atoms with E-state index in [1.807, 2.05) is 6.92 Å². The normalized spacial score (nSPS) is 13.6. The maximum atomic E-state index is 9.81. The average Bonchev–Trinajstić information content (AvgIpc) is 2.41. The SMILES string of the molecule is CC(NC(CO)CCCN=C(N)N)c1c(O)cccc1O. The summed E-state index contributed by atoms with van der Waals surface area (Å²) in [5, 5.41) is 32.2. The van der Waals surface area contributed by atoms with Crippen LogP contribution in [0.2, 0.25) is 0 Å². The maximum absolute atomic E-state index is 9.81. The van der Waals surface area contributed by atoms with Crippen molar-refractivity contribution in [1.82, 2.24) is 5.32 Å². The first-order chi connectivity index (χ1) is 9.95. The van der Waals surface area contributed by atoms with Crippen LogP contribution in [-0.4, -0.2) is 40.5 Å². The second kappa shape index (κ2) is 8.33. The molecule has 0 aliphatic carbocycles. The van der Waals surface area contributed by atoms with Gasteiger partial charge in [-0.3, -0.25) is 4.99 Å². The highest BCUT2D eigenvalue weighted by molar-refractivity contribution is 5.75. The third kappa shape index (κ3) is 5.49. The molecule has 0 fully saturated rings. The van der Waals surface area contributed by atoms with Gasteiger partial charge < -0.3 is 32.1 Å². The number of aliphatic hydroxyl groups excluding tert-OH is 1. The van der Waals surface area contributed by atoms with Gasteiger partial charge in [-0.2, -0.15) is 0 Å². The highest BCUT2D eigenvalue weighted by Gasteiger charge is 2.18. The average molecular weight is 296 g/mol. The Morgan fingerprint density at radius 2 is 1.90 bits per heavy atom. The molecule has 21 heavy (non-hydrogen) atoms. The van der Waals surface area contributed by atoms with Crippen molar-refractivity contribution in [1.29, 1.82) is 0 Å². The summed E-state index contributed by atoms with van der Waals surface area (Å²) in [6, 6.07) is 4.12. The number of nitrogens with zero attached hydrogens (tertiary/aromatic N) is 1. The number of hydrogen-bond acceptors (Lipinski definition) is 5. The molecule has 1 aromatic rings. The zero-order valence-electron chi connectivity index (χ0n) is 12.2. The molecule has 0 heterocycles. The lowest BCUT2D eigenvalue weighted by atomic mass is 10.0. The fraction of sp³-hybridized carbons (Fsp3) is 0.500. The van der Waals surface area contributed by atoms with Crippen LogP contribution in [0, 0.1) is 0 Å². The van der Waals surface area contributed by atoms with Crippen LogP contribution in [0.25, 0.3) is 0 Å². The second-order valence-corrected chi connectivity index (χ2v) is 4.93. The van der Waals surface area contributed by atoms with Gasteiger partial charge in [0.15, 0.2) is 5.96 Å². The van der Waals surface area contributed by atoms with E-state index in [0.29, 0.717) is 18.5 Å². The quantitative estimate of drug-likeness (QED) is 0.230. The van der Waals surface area contributed by atoms with Crippen LogP contribution in [0.3, 0.4) is 0 Å². The van der Waals surface area contributed by atoms with Crippen molar-refractivity contribution in [2.45, 2.75) is 31.8 Å². The van der Waals surface area contributed by atoms with Gasteiger partial charge >= 0.3 is 0 Å². The molecule has 7 nitrogen and oxygen atoms in total. The van der Waals surface area contributed by atoms with Crippen LogP contribution in [0.1, 0.15) is 31.4 Å². The molecule has 0 saturated carbocycles. The van der Waals surface area contributed by atoms with Gasteiger partial charge in [-0.25, -0.2) is 0 Å². The van der Waals surface area contributed by atoms with E-state index in [1.165, 1.54) is 12.1 Å². The van der Waals surface area contributed by atoms with E-state index in [1.54, 1.807) is 6.07 Å². The number of aliphatic imine (C=N–C) groups is 1. The lowest BCUT2D eigenvalue weighted by Crippen LogP contribution is -2.34. The molecule has 118 valence electrons. The van der Waals surface area contributed by atoms with E-state index >= 15 is 0 Å². The number of phenolic OH excluding ortho intramolecular Hbond substituents is 2. The molecule has 0 aliphatic rings. The Morgan fingerprint density at radius 1 is 1.29 bits per heavy atom. The number of hydrogen-bond donors (Lipinski definition) is 6. The molecule has 0 spiro atoms. The summed E-state index contributed by atoms with van der Waals surface area (Å²) in [6.45, 7) is 2.25. The molecule has 0 radical (unpaired) electrons. The van der Waals surface area contributed by atoms with E-state index in [0.717, 1.165) is 6.42 Å². The standard InChI is InChI=1S/C14H24N4O3/c1-9(13-11(20)5-2-6-12(13)21)18-10(8-19)4-3-7-17-14(15)16/h2,5-6,9-10,18-21H,3-4,7-8H2,1H3,(H4,15,16,17). The monoisotopic (exact) mass is 296 g/mol. The molecule has 2 atom stereocenters. The van der Waals surface area contributed by atoms with Crippen LogP contribution < -0.4 is 16.8 Å². The van der Waals surface area contributed by atoms with Crippen LogP contribution in [-0.2, 0) is 0 Å². The molecule has 1 rings (SSSR count). The number of benzene rings is 1. The Labute approximate surface area is 124 Å². The van der Waals surface area contributed by atoms with Gasteiger partial charge in [0.05, 0.1) is 12.2 Å². The van der Waals surface area contributed by atoms with Gasteiger partial charge in [0.1, 0.15) is 11.5 Å². The minimum absolute atomic E-state index is 0.0206. The lowest BCUT2D eigenvalue weighted by molar-refractivity contribution is 0.223. The summed E-state index contributed by atoms with van der Waals surface area (Å²) < 4.78 is 0. The Bertz CT molecular complexity index is 455. The first kappa shape index (κ1) is 17.1. The summed E-state index contributed by atoms with van der Waals surface area (Å²) in [6.07, 6.45) is 1.39. The highest BCUT2D eigenvalue weighted by atomic mass is 16.3. The smallest absolute Gasteiger partial charge is 0.185 e. The predicted octanol–water partition coefficient (Wildman–Crippen LogP) is 0.163. The van der Waals surface area contributed by atoms with Gasteiger partial charge in [0.25, 0.3) is 0 Å². The molecule has 2 unspecified atom stereocenters. The number of guanidine groups is 1. The van der Waals surface area contributed by atoms with E-state index in [4.69, 9.17) is 11.5 Å². The Balaban J connectivity index is 2.58.